The monoisotopic (exact) mass is 225 g/mol. The molecule has 0 unspecified atom stereocenters. The Morgan fingerprint density at radius 3 is 2.40 bits per heavy atom. The van der Waals surface area contributed by atoms with Crippen molar-refractivity contribution in [2.45, 2.75) is 13.3 Å². The SMILES string of the molecule is COc1c(Cl)cc(C)c(CC#N)c1OC. The van der Waals surface area contributed by atoms with Gasteiger partial charge in [-0.25, -0.2) is 0 Å². The minimum absolute atomic E-state index is 0.280. The van der Waals surface area contributed by atoms with Crippen LogP contribution in [0.25, 0.3) is 0 Å². The number of hydrogen-bond donors (Lipinski definition) is 0. The molecule has 15 heavy (non-hydrogen) atoms. The summed E-state index contributed by atoms with van der Waals surface area (Å²) in [5, 5.41) is 9.21. The first-order valence-corrected chi connectivity index (χ1v) is 4.80. The molecule has 0 atom stereocenters. The predicted molar refractivity (Wildman–Crippen MR) is 58.6 cm³/mol. The van der Waals surface area contributed by atoms with Gasteiger partial charge >= 0.3 is 0 Å². The minimum atomic E-state index is 0.280. The van der Waals surface area contributed by atoms with Crippen molar-refractivity contribution in [3.8, 4) is 17.6 Å². The van der Waals surface area contributed by atoms with Crippen LogP contribution >= 0.6 is 11.6 Å². The Bertz CT molecular complexity index is 410. The zero-order valence-electron chi connectivity index (χ0n) is 8.93. The number of nitriles is 1. The van der Waals surface area contributed by atoms with Crippen molar-refractivity contribution in [2.24, 2.45) is 0 Å². The van der Waals surface area contributed by atoms with E-state index in [9.17, 15) is 0 Å². The molecule has 0 saturated carbocycles. The smallest absolute Gasteiger partial charge is 0.179 e. The number of ether oxygens (including phenoxy) is 2. The normalized spacial score (nSPS) is 9.53. The molecule has 1 aromatic carbocycles. The molecule has 0 N–H and O–H groups in total. The molecule has 0 fully saturated rings. The first kappa shape index (κ1) is 11.7. The molecule has 1 aromatic rings. The lowest BCUT2D eigenvalue weighted by molar-refractivity contribution is 0.352. The van der Waals surface area contributed by atoms with Gasteiger partial charge in [-0.15, -0.1) is 0 Å². The molecule has 0 amide bonds. The highest BCUT2D eigenvalue weighted by molar-refractivity contribution is 6.32. The van der Waals surface area contributed by atoms with E-state index in [2.05, 4.69) is 6.07 Å². The molecule has 0 aliphatic carbocycles. The maximum atomic E-state index is 8.72. The lowest BCUT2D eigenvalue weighted by Gasteiger charge is -2.14. The van der Waals surface area contributed by atoms with Gasteiger partial charge in [0.25, 0.3) is 0 Å². The highest BCUT2D eigenvalue weighted by atomic mass is 35.5. The lowest BCUT2D eigenvalue weighted by atomic mass is 10.0. The lowest BCUT2D eigenvalue weighted by Crippen LogP contribution is -1.99. The van der Waals surface area contributed by atoms with Gasteiger partial charge in [0.05, 0.1) is 31.7 Å². The Morgan fingerprint density at radius 1 is 1.33 bits per heavy atom. The molecule has 4 heteroatoms. The van der Waals surface area contributed by atoms with Crippen LogP contribution in [0.1, 0.15) is 11.1 Å². The van der Waals surface area contributed by atoms with E-state index < -0.39 is 0 Å². The minimum Gasteiger partial charge on any atom is -0.492 e. The van der Waals surface area contributed by atoms with Crippen molar-refractivity contribution in [1.82, 2.24) is 0 Å². The van der Waals surface area contributed by atoms with Crippen LogP contribution in [-0.2, 0) is 6.42 Å². The summed E-state index contributed by atoms with van der Waals surface area (Å²) in [5.74, 6) is 1.03. The van der Waals surface area contributed by atoms with Crippen molar-refractivity contribution >= 4 is 11.6 Å². The molecule has 0 spiro atoms. The average Bonchev–Trinajstić information content (AvgIpc) is 2.21. The van der Waals surface area contributed by atoms with E-state index in [0.29, 0.717) is 16.5 Å². The van der Waals surface area contributed by atoms with Gasteiger partial charge in [0.1, 0.15) is 0 Å². The van der Waals surface area contributed by atoms with E-state index in [1.54, 1.807) is 6.07 Å². The van der Waals surface area contributed by atoms with E-state index in [1.807, 2.05) is 6.92 Å². The fourth-order valence-electron chi connectivity index (χ4n) is 1.47. The van der Waals surface area contributed by atoms with E-state index in [1.165, 1.54) is 14.2 Å². The number of nitrogens with zero attached hydrogens (tertiary/aromatic N) is 1. The number of methoxy groups -OCH3 is 2. The summed E-state index contributed by atoms with van der Waals surface area (Å²) in [5.41, 5.74) is 1.75. The van der Waals surface area contributed by atoms with Crippen LogP contribution in [0.3, 0.4) is 0 Å². The summed E-state index contributed by atoms with van der Waals surface area (Å²) in [7, 11) is 3.06. The number of benzene rings is 1. The molecule has 0 heterocycles. The Labute approximate surface area is 94.2 Å². The molecule has 3 nitrogen and oxygen atoms in total. The van der Waals surface area contributed by atoms with Crippen LogP contribution in [0, 0.1) is 18.3 Å². The van der Waals surface area contributed by atoms with Gasteiger partial charge in [0.15, 0.2) is 11.5 Å². The molecule has 0 saturated heterocycles. The number of halogens is 1. The van der Waals surface area contributed by atoms with Crippen molar-refractivity contribution in [1.29, 1.82) is 5.26 Å². The van der Waals surface area contributed by atoms with Crippen LogP contribution in [0.5, 0.6) is 11.5 Å². The summed E-state index contributed by atoms with van der Waals surface area (Å²) in [4.78, 5) is 0. The van der Waals surface area contributed by atoms with E-state index in [4.69, 9.17) is 26.3 Å². The maximum Gasteiger partial charge on any atom is 0.179 e. The average molecular weight is 226 g/mol. The van der Waals surface area contributed by atoms with Crippen molar-refractivity contribution in [3.05, 3.63) is 22.2 Å². The first-order chi connectivity index (χ1) is 7.15. The van der Waals surface area contributed by atoms with Crippen LogP contribution in [-0.4, -0.2) is 14.2 Å². The van der Waals surface area contributed by atoms with Crippen molar-refractivity contribution < 1.29 is 9.47 Å². The highest BCUT2D eigenvalue weighted by Crippen LogP contribution is 2.39. The predicted octanol–water partition coefficient (Wildman–Crippen LogP) is 2.73. The van der Waals surface area contributed by atoms with Gasteiger partial charge in [0.2, 0.25) is 0 Å². The third-order valence-corrected chi connectivity index (χ3v) is 2.46. The fraction of sp³-hybridized carbons (Fsp3) is 0.364. The zero-order valence-corrected chi connectivity index (χ0v) is 9.68. The molecule has 0 aromatic heterocycles. The molecule has 0 radical (unpaired) electrons. The van der Waals surface area contributed by atoms with Crippen LogP contribution in [0.4, 0.5) is 0 Å². The van der Waals surface area contributed by atoms with E-state index >= 15 is 0 Å². The second-order valence-corrected chi connectivity index (χ2v) is 3.46. The van der Waals surface area contributed by atoms with Crippen LogP contribution in [0.2, 0.25) is 5.02 Å². The zero-order chi connectivity index (χ0) is 11.4. The number of rotatable bonds is 3. The van der Waals surface area contributed by atoms with Gasteiger partial charge in [-0.2, -0.15) is 5.26 Å². The topological polar surface area (TPSA) is 42.2 Å². The third-order valence-electron chi connectivity index (χ3n) is 2.18. The molecule has 0 bridgehead atoms. The second-order valence-electron chi connectivity index (χ2n) is 3.06. The van der Waals surface area contributed by atoms with E-state index in [-0.39, 0.29) is 6.42 Å². The Hall–Kier alpha value is -1.40. The number of hydrogen-bond acceptors (Lipinski definition) is 3. The summed E-state index contributed by atoms with van der Waals surface area (Å²) >= 11 is 6.00. The van der Waals surface area contributed by atoms with Crippen molar-refractivity contribution in [2.75, 3.05) is 14.2 Å². The van der Waals surface area contributed by atoms with Gasteiger partial charge in [-0.05, 0) is 18.6 Å². The Kier molecular flexibility index (Phi) is 3.81. The first-order valence-electron chi connectivity index (χ1n) is 4.42. The molecule has 0 aliphatic rings. The maximum absolute atomic E-state index is 8.72. The van der Waals surface area contributed by atoms with Gasteiger partial charge in [-0.1, -0.05) is 11.6 Å². The molecular weight excluding hydrogens is 214 g/mol. The van der Waals surface area contributed by atoms with Gasteiger partial charge < -0.3 is 9.47 Å². The quantitative estimate of drug-likeness (QED) is 0.794. The number of aryl methyl sites for hydroxylation is 1. The fourth-order valence-corrected chi connectivity index (χ4v) is 1.80. The third kappa shape index (κ3) is 2.16. The largest absolute Gasteiger partial charge is 0.492 e. The second kappa shape index (κ2) is 4.90. The summed E-state index contributed by atoms with van der Waals surface area (Å²) in [6, 6.07) is 3.87. The molecule has 0 aliphatic heterocycles. The van der Waals surface area contributed by atoms with E-state index in [0.717, 1.165) is 11.1 Å². The van der Waals surface area contributed by atoms with Crippen LogP contribution < -0.4 is 9.47 Å². The molecule has 1 rings (SSSR count). The summed E-state index contributed by atoms with van der Waals surface area (Å²) in [6.07, 6.45) is 0.280. The molecule has 80 valence electrons. The molecular formula is C11H12ClNO2. The van der Waals surface area contributed by atoms with Crippen molar-refractivity contribution in [3.63, 3.8) is 0 Å². The highest BCUT2D eigenvalue weighted by Gasteiger charge is 2.16. The standard InChI is InChI=1S/C11H12ClNO2/c1-7-6-9(12)11(15-3)10(14-2)8(7)4-5-13/h6H,4H2,1-3H3. The van der Waals surface area contributed by atoms with Gasteiger partial charge in [0, 0.05) is 5.56 Å². The summed E-state index contributed by atoms with van der Waals surface area (Å²) in [6.45, 7) is 1.89. The summed E-state index contributed by atoms with van der Waals surface area (Å²) < 4.78 is 10.4. The van der Waals surface area contributed by atoms with Gasteiger partial charge in [-0.3, -0.25) is 0 Å². The Balaban J connectivity index is 3.43. The Morgan fingerprint density at radius 2 is 1.93 bits per heavy atom. The van der Waals surface area contributed by atoms with Crippen LogP contribution in [0.15, 0.2) is 6.07 Å².